The van der Waals surface area contributed by atoms with Crippen LogP contribution < -0.4 is 9.47 Å². The molecule has 0 aliphatic rings. The van der Waals surface area contributed by atoms with E-state index >= 15 is 0 Å². The first kappa shape index (κ1) is 14.7. The largest absolute Gasteiger partial charge is 0.508 e. The molecule has 0 saturated carbocycles. The minimum atomic E-state index is -0.0623. The molecule has 0 saturated heterocycles. The Hall–Kier alpha value is -1.72. The van der Waals surface area contributed by atoms with E-state index < -0.39 is 0 Å². The number of benzene rings is 2. The minimum absolute atomic E-state index is 0.0623. The number of phenols is 1. The quantitative estimate of drug-likeness (QED) is 0.878. The summed E-state index contributed by atoms with van der Waals surface area (Å²) in [7, 11) is 1.55. The molecular weight excluding hydrogens is 324 g/mol. The van der Waals surface area contributed by atoms with Crippen LogP contribution in [0.1, 0.15) is 11.1 Å². The predicted octanol–water partition coefficient (Wildman–Crippen LogP) is 3.23. The molecule has 2 rings (SSSR count). The van der Waals surface area contributed by atoms with Crippen molar-refractivity contribution >= 4 is 15.9 Å². The van der Waals surface area contributed by atoms with E-state index in [-0.39, 0.29) is 12.4 Å². The van der Waals surface area contributed by atoms with E-state index in [9.17, 15) is 5.11 Å². The highest BCUT2D eigenvalue weighted by Crippen LogP contribution is 2.37. The van der Waals surface area contributed by atoms with Crippen LogP contribution in [0.15, 0.2) is 40.9 Å². The molecular formula is C15H15BrO4. The minimum Gasteiger partial charge on any atom is -0.508 e. The zero-order chi connectivity index (χ0) is 14.5. The van der Waals surface area contributed by atoms with E-state index in [0.717, 1.165) is 15.6 Å². The molecule has 0 heterocycles. The summed E-state index contributed by atoms with van der Waals surface area (Å²) in [4.78, 5) is 0. The molecule has 0 bridgehead atoms. The Bertz CT molecular complexity index is 581. The summed E-state index contributed by atoms with van der Waals surface area (Å²) in [6.07, 6.45) is 0. The lowest BCUT2D eigenvalue weighted by molar-refractivity contribution is 0.273. The molecule has 0 aromatic heterocycles. The summed E-state index contributed by atoms with van der Waals surface area (Å²) < 4.78 is 11.7. The number of halogens is 1. The fourth-order valence-electron chi connectivity index (χ4n) is 1.75. The van der Waals surface area contributed by atoms with Gasteiger partial charge in [0.2, 0.25) is 0 Å². The highest BCUT2D eigenvalue weighted by Gasteiger charge is 2.11. The van der Waals surface area contributed by atoms with Gasteiger partial charge in [-0.05, 0) is 51.3 Å². The van der Waals surface area contributed by atoms with Gasteiger partial charge in [0.15, 0.2) is 11.5 Å². The summed E-state index contributed by atoms with van der Waals surface area (Å²) in [5.41, 5.74) is 1.67. The summed E-state index contributed by atoms with van der Waals surface area (Å²) in [5.74, 6) is 1.36. The smallest absolute Gasteiger partial charge is 0.175 e. The number of aliphatic hydroxyl groups is 1. The number of ether oxygens (including phenoxy) is 2. The fraction of sp³-hybridized carbons (Fsp3) is 0.200. The van der Waals surface area contributed by atoms with Gasteiger partial charge in [-0.15, -0.1) is 0 Å². The molecule has 2 N–H and O–H groups in total. The van der Waals surface area contributed by atoms with Crippen LogP contribution in [0.25, 0.3) is 0 Å². The number of aliphatic hydroxyl groups excluding tert-OH is 1. The van der Waals surface area contributed by atoms with Gasteiger partial charge in [0.1, 0.15) is 12.4 Å². The van der Waals surface area contributed by atoms with Crippen LogP contribution in [0.3, 0.4) is 0 Å². The summed E-state index contributed by atoms with van der Waals surface area (Å²) in [6.45, 7) is 0.293. The molecule has 0 fully saturated rings. The van der Waals surface area contributed by atoms with Gasteiger partial charge in [-0.1, -0.05) is 12.1 Å². The number of aromatic hydroxyl groups is 1. The van der Waals surface area contributed by atoms with Crippen molar-refractivity contribution in [2.45, 2.75) is 13.2 Å². The van der Waals surface area contributed by atoms with Gasteiger partial charge in [0.05, 0.1) is 18.2 Å². The Labute approximate surface area is 125 Å². The number of hydrogen-bond acceptors (Lipinski definition) is 4. The molecule has 4 nitrogen and oxygen atoms in total. The number of methoxy groups -OCH3 is 1. The van der Waals surface area contributed by atoms with E-state index in [1.54, 1.807) is 43.5 Å². The molecule has 0 atom stereocenters. The predicted molar refractivity (Wildman–Crippen MR) is 79.1 cm³/mol. The van der Waals surface area contributed by atoms with Crippen molar-refractivity contribution in [2.75, 3.05) is 7.11 Å². The van der Waals surface area contributed by atoms with Gasteiger partial charge in [-0.3, -0.25) is 0 Å². The van der Waals surface area contributed by atoms with E-state index in [0.29, 0.717) is 18.1 Å². The van der Waals surface area contributed by atoms with Gasteiger partial charge in [0, 0.05) is 0 Å². The van der Waals surface area contributed by atoms with Gasteiger partial charge < -0.3 is 19.7 Å². The number of phenolic OH excluding ortho intramolecular Hbond substituents is 1. The standard InChI is InChI=1S/C15H15BrO4/c1-19-14-7-11(8-17)6-13(16)15(14)20-9-10-2-4-12(18)5-3-10/h2-7,17-18H,8-9H2,1H3. The van der Waals surface area contributed by atoms with Crippen molar-refractivity contribution < 1.29 is 19.7 Å². The normalized spacial score (nSPS) is 10.3. The second-order valence-corrected chi connectivity index (χ2v) is 5.08. The molecule has 0 spiro atoms. The fourth-order valence-corrected chi connectivity index (χ4v) is 2.36. The number of rotatable bonds is 5. The van der Waals surface area contributed by atoms with Gasteiger partial charge >= 0.3 is 0 Å². The second-order valence-electron chi connectivity index (χ2n) is 4.22. The number of hydrogen-bond donors (Lipinski definition) is 2. The van der Waals surface area contributed by atoms with Crippen LogP contribution in [0.4, 0.5) is 0 Å². The molecule has 2 aromatic rings. The van der Waals surface area contributed by atoms with Crippen LogP contribution >= 0.6 is 15.9 Å². The van der Waals surface area contributed by atoms with Gasteiger partial charge in [-0.25, -0.2) is 0 Å². The topological polar surface area (TPSA) is 58.9 Å². The van der Waals surface area contributed by atoms with Crippen molar-refractivity contribution in [3.63, 3.8) is 0 Å². The summed E-state index contributed by atoms with van der Waals surface area (Å²) in [6, 6.07) is 10.3. The van der Waals surface area contributed by atoms with Crippen molar-refractivity contribution in [1.82, 2.24) is 0 Å². The maximum absolute atomic E-state index is 9.23. The first-order valence-corrected chi connectivity index (χ1v) is 6.81. The first-order valence-electron chi connectivity index (χ1n) is 6.02. The molecule has 0 unspecified atom stereocenters. The van der Waals surface area contributed by atoms with Crippen LogP contribution in [0.5, 0.6) is 17.2 Å². The van der Waals surface area contributed by atoms with Crippen molar-refractivity contribution in [2.24, 2.45) is 0 Å². The van der Waals surface area contributed by atoms with Crippen molar-refractivity contribution in [3.8, 4) is 17.2 Å². The third-order valence-corrected chi connectivity index (χ3v) is 3.38. The molecule has 20 heavy (non-hydrogen) atoms. The van der Waals surface area contributed by atoms with E-state index in [4.69, 9.17) is 14.6 Å². The lowest BCUT2D eigenvalue weighted by Gasteiger charge is -2.14. The molecule has 106 valence electrons. The van der Waals surface area contributed by atoms with Crippen molar-refractivity contribution in [1.29, 1.82) is 0 Å². The Morgan fingerprint density at radius 3 is 2.40 bits per heavy atom. The lowest BCUT2D eigenvalue weighted by atomic mass is 10.2. The Morgan fingerprint density at radius 2 is 1.80 bits per heavy atom. The SMILES string of the molecule is COc1cc(CO)cc(Br)c1OCc1ccc(O)cc1. The highest BCUT2D eigenvalue weighted by molar-refractivity contribution is 9.10. The van der Waals surface area contributed by atoms with Crippen LogP contribution in [0.2, 0.25) is 0 Å². The zero-order valence-corrected chi connectivity index (χ0v) is 12.6. The first-order chi connectivity index (χ1) is 9.63. The average Bonchev–Trinajstić information content (AvgIpc) is 2.47. The monoisotopic (exact) mass is 338 g/mol. The maximum atomic E-state index is 9.23. The van der Waals surface area contributed by atoms with E-state index in [1.165, 1.54) is 0 Å². The molecule has 2 aromatic carbocycles. The van der Waals surface area contributed by atoms with E-state index in [2.05, 4.69) is 15.9 Å². The Kier molecular flexibility index (Phi) is 4.87. The van der Waals surface area contributed by atoms with Crippen LogP contribution in [-0.2, 0) is 13.2 Å². The molecule has 0 amide bonds. The molecule has 0 aliphatic heterocycles. The third kappa shape index (κ3) is 3.43. The average molecular weight is 339 g/mol. The van der Waals surface area contributed by atoms with Crippen molar-refractivity contribution in [3.05, 3.63) is 52.0 Å². The van der Waals surface area contributed by atoms with Gasteiger partial charge in [-0.2, -0.15) is 0 Å². The molecule has 5 heteroatoms. The van der Waals surface area contributed by atoms with E-state index in [1.807, 2.05) is 0 Å². The third-order valence-electron chi connectivity index (χ3n) is 2.79. The summed E-state index contributed by atoms with van der Waals surface area (Å²) >= 11 is 3.41. The molecule has 0 aliphatic carbocycles. The second kappa shape index (κ2) is 6.63. The molecule has 0 radical (unpaired) electrons. The Morgan fingerprint density at radius 1 is 1.10 bits per heavy atom. The highest BCUT2D eigenvalue weighted by atomic mass is 79.9. The van der Waals surface area contributed by atoms with Gasteiger partial charge in [0.25, 0.3) is 0 Å². The maximum Gasteiger partial charge on any atom is 0.175 e. The van der Waals surface area contributed by atoms with Crippen LogP contribution in [-0.4, -0.2) is 17.3 Å². The van der Waals surface area contributed by atoms with Crippen LogP contribution in [0, 0.1) is 0 Å². The lowest BCUT2D eigenvalue weighted by Crippen LogP contribution is -1.99. The summed E-state index contributed by atoms with van der Waals surface area (Å²) in [5, 5.41) is 18.4. The Balaban J connectivity index is 2.18. The zero-order valence-electron chi connectivity index (χ0n) is 11.0.